The van der Waals surface area contributed by atoms with Gasteiger partial charge in [-0.05, 0) is 13.5 Å². The lowest BCUT2D eigenvalue weighted by Gasteiger charge is -2.24. The van der Waals surface area contributed by atoms with Crippen LogP contribution in [-0.2, 0) is 4.79 Å². The minimum Gasteiger partial charge on any atom is -0.339 e. The van der Waals surface area contributed by atoms with Crippen molar-refractivity contribution in [1.82, 2.24) is 20.9 Å². The van der Waals surface area contributed by atoms with Gasteiger partial charge >= 0.3 is 0 Å². The number of nitrogens with zero attached hydrogens (tertiary/aromatic N) is 1. The Balaban J connectivity index is 3.82. The van der Waals surface area contributed by atoms with Crippen LogP contribution in [0.2, 0.25) is 0 Å². The summed E-state index contributed by atoms with van der Waals surface area (Å²) in [6.45, 7) is 11.5. The standard InChI is InChI=1S/C13H30IN5O/c1-3-16-8-10-19(13(20)12(2)14)11-9-18-7-6-17-5-4-15/h12,16-18H,3-11,15H2,1-2H3. The van der Waals surface area contributed by atoms with Crippen LogP contribution in [0.4, 0.5) is 0 Å². The van der Waals surface area contributed by atoms with Gasteiger partial charge in [0.25, 0.3) is 0 Å². The molecule has 0 radical (unpaired) electrons. The van der Waals surface area contributed by atoms with E-state index in [1.54, 1.807) is 0 Å². The second-order valence-corrected chi connectivity index (χ2v) is 6.45. The molecule has 0 aliphatic heterocycles. The van der Waals surface area contributed by atoms with Crippen molar-refractivity contribution in [3.8, 4) is 0 Å². The first kappa shape index (κ1) is 20.0. The molecule has 0 aromatic heterocycles. The van der Waals surface area contributed by atoms with Crippen molar-refractivity contribution in [1.29, 1.82) is 0 Å². The van der Waals surface area contributed by atoms with E-state index in [0.717, 1.165) is 52.4 Å². The van der Waals surface area contributed by atoms with E-state index in [0.29, 0.717) is 6.54 Å². The highest BCUT2D eigenvalue weighted by Crippen LogP contribution is 2.04. The molecule has 120 valence electrons. The molecule has 1 unspecified atom stereocenters. The molecular weight excluding hydrogens is 369 g/mol. The van der Waals surface area contributed by atoms with E-state index < -0.39 is 0 Å². The van der Waals surface area contributed by atoms with Crippen molar-refractivity contribution in [3.05, 3.63) is 0 Å². The van der Waals surface area contributed by atoms with Gasteiger partial charge in [-0.2, -0.15) is 0 Å². The Hall–Kier alpha value is 0.0400. The number of likely N-dealkylation sites (N-methyl/N-ethyl adjacent to an activating group) is 1. The lowest BCUT2D eigenvalue weighted by atomic mass is 10.3. The molecule has 0 aromatic carbocycles. The molecule has 5 N–H and O–H groups in total. The molecule has 0 heterocycles. The summed E-state index contributed by atoms with van der Waals surface area (Å²) >= 11 is 2.17. The summed E-state index contributed by atoms with van der Waals surface area (Å²) in [5.74, 6) is 0.214. The van der Waals surface area contributed by atoms with Gasteiger partial charge in [-0.25, -0.2) is 0 Å². The molecule has 1 atom stereocenters. The van der Waals surface area contributed by atoms with E-state index in [4.69, 9.17) is 5.73 Å². The van der Waals surface area contributed by atoms with Crippen LogP contribution in [0, 0.1) is 0 Å². The maximum absolute atomic E-state index is 12.1. The van der Waals surface area contributed by atoms with Gasteiger partial charge in [0.1, 0.15) is 0 Å². The summed E-state index contributed by atoms with van der Waals surface area (Å²) < 4.78 is 0.0282. The maximum Gasteiger partial charge on any atom is 0.235 e. The number of hydrogen-bond donors (Lipinski definition) is 4. The van der Waals surface area contributed by atoms with E-state index in [1.165, 1.54) is 0 Å². The summed E-state index contributed by atoms with van der Waals surface area (Å²) in [6.07, 6.45) is 0. The topological polar surface area (TPSA) is 82.4 Å². The zero-order chi connectivity index (χ0) is 15.2. The van der Waals surface area contributed by atoms with Gasteiger partial charge in [-0.3, -0.25) is 4.79 Å². The highest BCUT2D eigenvalue weighted by molar-refractivity contribution is 14.1. The predicted octanol–water partition coefficient (Wildman–Crippen LogP) is -0.614. The Kier molecular flexibility index (Phi) is 14.0. The largest absolute Gasteiger partial charge is 0.339 e. The van der Waals surface area contributed by atoms with Gasteiger partial charge in [-0.15, -0.1) is 0 Å². The van der Waals surface area contributed by atoms with Crippen molar-refractivity contribution in [2.45, 2.75) is 17.8 Å². The second kappa shape index (κ2) is 14.0. The molecule has 0 aliphatic carbocycles. The normalized spacial score (nSPS) is 12.4. The molecule has 7 heteroatoms. The average Bonchev–Trinajstić information content (AvgIpc) is 2.43. The Morgan fingerprint density at radius 2 is 1.65 bits per heavy atom. The third-order valence-electron chi connectivity index (χ3n) is 2.82. The van der Waals surface area contributed by atoms with E-state index in [9.17, 15) is 4.79 Å². The summed E-state index contributed by atoms with van der Waals surface area (Å²) in [6, 6.07) is 0. The molecule has 20 heavy (non-hydrogen) atoms. The first-order chi connectivity index (χ1) is 9.63. The van der Waals surface area contributed by atoms with Gasteiger partial charge in [-0.1, -0.05) is 29.5 Å². The number of halogens is 1. The molecule has 6 nitrogen and oxygen atoms in total. The molecule has 0 aliphatic rings. The monoisotopic (exact) mass is 399 g/mol. The molecule has 0 bridgehead atoms. The molecule has 0 fully saturated rings. The molecule has 0 aromatic rings. The molecule has 0 rings (SSSR count). The highest BCUT2D eigenvalue weighted by Gasteiger charge is 2.16. The number of nitrogens with one attached hydrogen (secondary N) is 3. The average molecular weight is 399 g/mol. The molecule has 0 spiro atoms. The molecule has 1 amide bonds. The van der Waals surface area contributed by atoms with Gasteiger partial charge in [0.05, 0.1) is 3.92 Å². The first-order valence-electron chi connectivity index (χ1n) is 7.38. The molecule has 0 saturated heterocycles. The Morgan fingerprint density at radius 3 is 2.15 bits per heavy atom. The first-order valence-corrected chi connectivity index (χ1v) is 8.63. The van der Waals surface area contributed by atoms with E-state index >= 15 is 0 Å². The Bertz CT molecular complexity index is 241. The van der Waals surface area contributed by atoms with Crippen LogP contribution in [0.1, 0.15) is 13.8 Å². The van der Waals surface area contributed by atoms with Crippen LogP contribution in [-0.4, -0.2) is 73.6 Å². The summed E-state index contributed by atoms with van der Waals surface area (Å²) in [4.78, 5) is 14.0. The van der Waals surface area contributed by atoms with Crippen LogP contribution < -0.4 is 21.7 Å². The zero-order valence-electron chi connectivity index (χ0n) is 12.8. The van der Waals surface area contributed by atoms with E-state index in [-0.39, 0.29) is 9.83 Å². The summed E-state index contributed by atoms with van der Waals surface area (Å²) in [5, 5.41) is 9.82. The number of nitrogens with two attached hydrogens (primary N) is 1. The van der Waals surface area contributed by atoms with Gasteiger partial charge in [0, 0.05) is 52.4 Å². The SMILES string of the molecule is CCNCCN(CCNCCNCCN)C(=O)C(C)I. The Labute approximate surface area is 136 Å². The van der Waals surface area contributed by atoms with E-state index in [1.807, 2.05) is 11.8 Å². The fraction of sp³-hybridized carbons (Fsp3) is 0.923. The van der Waals surface area contributed by atoms with Gasteiger partial charge in [0.15, 0.2) is 0 Å². The van der Waals surface area contributed by atoms with Crippen molar-refractivity contribution in [3.63, 3.8) is 0 Å². The third-order valence-corrected chi connectivity index (χ3v) is 3.35. The minimum atomic E-state index is 0.0282. The number of rotatable bonds is 13. The predicted molar refractivity (Wildman–Crippen MR) is 93.4 cm³/mol. The van der Waals surface area contributed by atoms with Crippen LogP contribution in [0.15, 0.2) is 0 Å². The lowest BCUT2D eigenvalue weighted by molar-refractivity contribution is -0.129. The fourth-order valence-electron chi connectivity index (χ4n) is 1.72. The third kappa shape index (κ3) is 10.8. The van der Waals surface area contributed by atoms with Crippen molar-refractivity contribution in [2.75, 3.05) is 58.9 Å². The van der Waals surface area contributed by atoms with Gasteiger partial charge < -0.3 is 26.6 Å². The van der Waals surface area contributed by atoms with E-state index in [2.05, 4.69) is 45.5 Å². The number of amides is 1. The van der Waals surface area contributed by atoms with Crippen molar-refractivity contribution >= 4 is 28.5 Å². The van der Waals surface area contributed by atoms with Gasteiger partial charge in [0.2, 0.25) is 5.91 Å². The van der Waals surface area contributed by atoms with Crippen LogP contribution in [0.3, 0.4) is 0 Å². The molecular formula is C13H30IN5O. The smallest absolute Gasteiger partial charge is 0.235 e. The van der Waals surface area contributed by atoms with Crippen molar-refractivity contribution < 1.29 is 4.79 Å². The number of hydrogen-bond acceptors (Lipinski definition) is 5. The summed E-state index contributed by atoms with van der Waals surface area (Å²) in [5.41, 5.74) is 5.39. The fourth-order valence-corrected chi connectivity index (χ4v) is 2.11. The maximum atomic E-state index is 12.1. The number of carbonyl (C=O) groups excluding carboxylic acids is 1. The van der Waals surface area contributed by atoms with Crippen molar-refractivity contribution in [2.24, 2.45) is 5.73 Å². The Morgan fingerprint density at radius 1 is 1.10 bits per heavy atom. The summed E-state index contributed by atoms with van der Waals surface area (Å²) in [7, 11) is 0. The number of alkyl halides is 1. The van der Waals surface area contributed by atoms with Crippen LogP contribution in [0.25, 0.3) is 0 Å². The highest BCUT2D eigenvalue weighted by atomic mass is 127. The van der Waals surface area contributed by atoms with Crippen LogP contribution in [0.5, 0.6) is 0 Å². The quantitative estimate of drug-likeness (QED) is 0.189. The minimum absolute atomic E-state index is 0.0282. The number of carbonyl (C=O) groups is 1. The lowest BCUT2D eigenvalue weighted by Crippen LogP contribution is -2.44. The molecule has 0 saturated carbocycles. The second-order valence-electron chi connectivity index (χ2n) is 4.58. The van der Waals surface area contributed by atoms with Crippen LogP contribution >= 0.6 is 22.6 Å². The zero-order valence-corrected chi connectivity index (χ0v) is 14.9.